The Hall–Kier alpha value is -1.79. The van der Waals surface area contributed by atoms with Crippen molar-refractivity contribution in [1.29, 1.82) is 0 Å². The molecule has 0 atom stereocenters. The van der Waals surface area contributed by atoms with Crippen LogP contribution in [0, 0.1) is 12.7 Å². The molecular weight excluding hydrogens is 496 g/mol. The van der Waals surface area contributed by atoms with Crippen LogP contribution in [-0.4, -0.2) is 46.0 Å². The lowest BCUT2D eigenvalue weighted by atomic mass is 10.1. The van der Waals surface area contributed by atoms with Gasteiger partial charge >= 0.3 is 0 Å². The largest absolute Gasteiger partial charge is 0.356 e. The first-order chi connectivity index (χ1) is 12.9. The molecule has 10 heteroatoms. The minimum absolute atomic E-state index is 0. The average molecular weight is 521 g/mol. The zero-order valence-electron chi connectivity index (χ0n) is 15.8. The highest BCUT2D eigenvalue weighted by atomic mass is 127. The van der Waals surface area contributed by atoms with Crippen molar-refractivity contribution in [2.45, 2.75) is 18.2 Å². The molecule has 0 amide bonds. The van der Waals surface area contributed by atoms with Crippen molar-refractivity contribution in [3.8, 4) is 0 Å². The standard InChI is InChI=1S/C18H24FN5O2S.HI/c1-14-12-16(19)6-5-15(14)7-9-22-18(20-2)23-10-11-24-27(25,26)17-4-3-8-21-13-17;/h3-6,8,12-13,24H,7,9-11H2,1-2H3,(H2,20,22,23);1H. The first-order valence-corrected chi connectivity index (χ1v) is 10.00. The van der Waals surface area contributed by atoms with Gasteiger partial charge in [0.2, 0.25) is 10.0 Å². The summed E-state index contributed by atoms with van der Waals surface area (Å²) in [5.74, 6) is 0.325. The van der Waals surface area contributed by atoms with Crippen molar-refractivity contribution in [3.63, 3.8) is 0 Å². The highest BCUT2D eigenvalue weighted by molar-refractivity contribution is 14.0. The van der Waals surface area contributed by atoms with Gasteiger partial charge in [-0.25, -0.2) is 17.5 Å². The summed E-state index contributed by atoms with van der Waals surface area (Å²) in [5.41, 5.74) is 1.97. The normalized spacial score (nSPS) is 11.6. The molecule has 0 aliphatic heterocycles. The van der Waals surface area contributed by atoms with E-state index in [-0.39, 0.29) is 41.2 Å². The van der Waals surface area contributed by atoms with Gasteiger partial charge in [-0.15, -0.1) is 24.0 Å². The van der Waals surface area contributed by atoms with E-state index in [0.717, 1.165) is 17.5 Å². The third kappa shape index (κ3) is 7.68. The second-order valence-corrected chi connectivity index (χ2v) is 7.60. The number of halogens is 2. The van der Waals surface area contributed by atoms with E-state index < -0.39 is 10.0 Å². The molecule has 0 bridgehead atoms. The van der Waals surface area contributed by atoms with Crippen LogP contribution < -0.4 is 15.4 Å². The molecule has 0 saturated heterocycles. The maximum absolute atomic E-state index is 13.1. The smallest absolute Gasteiger partial charge is 0.242 e. The molecule has 1 heterocycles. The fourth-order valence-corrected chi connectivity index (χ4v) is 3.43. The molecule has 0 fully saturated rings. The fourth-order valence-electron chi connectivity index (χ4n) is 2.43. The van der Waals surface area contributed by atoms with Gasteiger partial charge in [-0.3, -0.25) is 9.98 Å². The van der Waals surface area contributed by atoms with Crippen molar-refractivity contribution >= 4 is 40.0 Å². The van der Waals surface area contributed by atoms with Crippen LogP contribution in [-0.2, 0) is 16.4 Å². The Balaban J connectivity index is 0.00000392. The van der Waals surface area contributed by atoms with Gasteiger partial charge in [-0.1, -0.05) is 6.07 Å². The van der Waals surface area contributed by atoms with E-state index in [9.17, 15) is 12.8 Å². The van der Waals surface area contributed by atoms with E-state index in [2.05, 4.69) is 25.3 Å². The number of pyridine rings is 1. The quantitative estimate of drug-likeness (QED) is 0.213. The van der Waals surface area contributed by atoms with Gasteiger partial charge in [0.15, 0.2) is 5.96 Å². The number of aryl methyl sites for hydroxylation is 1. The topological polar surface area (TPSA) is 95.5 Å². The van der Waals surface area contributed by atoms with Crippen molar-refractivity contribution in [2.75, 3.05) is 26.7 Å². The highest BCUT2D eigenvalue weighted by Gasteiger charge is 2.12. The molecule has 1 aromatic carbocycles. The molecule has 2 rings (SSSR count). The SMILES string of the molecule is CN=C(NCCNS(=O)(=O)c1cccnc1)NCCc1ccc(F)cc1C.I. The van der Waals surface area contributed by atoms with Crippen molar-refractivity contribution in [2.24, 2.45) is 4.99 Å². The first kappa shape index (κ1) is 24.2. The van der Waals surface area contributed by atoms with Gasteiger partial charge < -0.3 is 10.6 Å². The molecule has 7 nitrogen and oxygen atoms in total. The molecule has 28 heavy (non-hydrogen) atoms. The number of aromatic nitrogens is 1. The molecular formula is C18H25FIN5O2S. The van der Waals surface area contributed by atoms with E-state index in [1.54, 1.807) is 19.2 Å². The number of hydrogen-bond donors (Lipinski definition) is 3. The predicted molar refractivity (Wildman–Crippen MR) is 119 cm³/mol. The summed E-state index contributed by atoms with van der Waals surface area (Å²) in [7, 11) is -1.93. The van der Waals surface area contributed by atoms with Gasteiger partial charge in [0.05, 0.1) is 0 Å². The van der Waals surface area contributed by atoms with Crippen LogP contribution in [0.5, 0.6) is 0 Å². The number of nitrogens with one attached hydrogen (secondary N) is 3. The van der Waals surface area contributed by atoms with Crippen molar-refractivity contribution < 1.29 is 12.8 Å². The van der Waals surface area contributed by atoms with Crippen LogP contribution in [0.4, 0.5) is 4.39 Å². The Morgan fingerprint density at radius 3 is 2.57 bits per heavy atom. The second-order valence-electron chi connectivity index (χ2n) is 5.83. The summed E-state index contributed by atoms with van der Waals surface area (Å²) in [5, 5.41) is 6.19. The number of rotatable bonds is 8. The summed E-state index contributed by atoms with van der Waals surface area (Å²) in [6.45, 7) is 3.07. The zero-order chi connectivity index (χ0) is 19.7. The lowest BCUT2D eigenvalue weighted by molar-refractivity contribution is 0.580. The second kappa shape index (κ2) is 11.9. The highest BCUT2D eigenvalue weighted by Crippen LogP contribution is 2.10. The van der Waals surface area contributed by atoms with E-state index in [1.807, 2.05) is 6.92 Å². The first-order valence-electron chi connectivity index (χ1n) is 8.51. The summed E-state index contributed by atoms with van der Waals surface area (Å²) >= 11 is 0. The lowest BCUT2D eigenvalue weighted by Gasteiger charge is -2.13. The molecule has 1 aromatic heterocycles. The van der Waals surface area contributed by atoms with E-state index in [4.69, 9.17) is 0 Å². The average Bonchev–Trinajstić information content (AvgIpc) is 2.66. The number of nitrogens with zero attached hydrogens (tertiary/aromatic N) is 2. The summed E-state index contributed by atoms with van der Waals surface area (Å²) in [4.78, 5) is 8.03. The van der Waals surface area contributed by atoms with Crippen LogP contribution in [0.1, 0.15) is 11.1 Å². The number of benzene rings is 1. The van der Waals surface area contributed by atoms with Crippen LogP contribution in [0.25, 0.3) is 0 Å². The molecule has 3 N–H and O–H groups in total. The Bertz CT molecular complexity index is 879. The minimum Gasteiger partial charge on any atom is -0.356 e. The monoisotopic (exact) mass is 521 g/mol. The molecule has 0 aliphatic rings. The van der Waals surface area contributed by atoms with Gasteiger partial charge in [0, 0.05) is 39.1 Å². The van der Waals surface area contributed by atoms with Gasteiger partial charge in [-0.2, -0.15) is 0 Å². The number of hydrogen-bond acceptors (Lipinski definition) is 4. The van der Waals surface area contributed by atoms with E-state index in [1.165, 1.54) is 30.6 Å². The Morgan fingerprint density at radius 2 is 1.93 bits per heavy atom. The molecule has 0 unspecified atom stereocenters. The van der Waals surface area contributed by atoms with Crippen LogP contribution in [0.2, 0.25) is 0 Å². The molecule has 154 valence electrons. The van der Waals surface area contributed by atoms with Gasteiger partial charge in [0.25, 0.3) is 0 Å². The fraction of sp³-hybridized carbons (Fsp3) is 0.333. The zero-order valence-corrected chi connectivity index (χ0v) is 18.9. The third-order valence-electron chi connectivity index (χ3n) is 3.87. The third-order valence-corrected chi connectivity index (χ3v) is 5.32. The number of guanidine groups is 1. The number of aliphatic imine (C=N–C) groups is 1. The van der Waals surface area contributed by atoms with E-state index >= 15 is 0 Å². The minimum atomic E-state index is -3.57. The molecule has 0 spiro atoms. The van der Waals surface area contributed by atoms with Crippen molar-refractivity contribution in [3.05, 3.63) is 59.7 Å². The van der Waals surface area contributed by atoms with E-state index in [0.29, 0.717) is 19.0 Å². The lowest BCUT2D eigenvalue weighted by Crippen LogP contribution is -2.42. The van der Waals surface area contributed by atoms with Crippen LogP contribution >= 0.6 is 24.0 Å². The van der Waals surface area contributed by atoms with Gasteiger partial charge in [-0.05, 0) is 48.7 Å². The van der Waals surface area contributed by atoms with Crippen molar-refractivity contribution in [1.82, 2.24) is 20.3 Å². The maximum Gasteiger partial charge on any atom is 0.242 e. The molecule has 0 radical (unpaired) electrons. The van der Waals surface area contributed by atoms with Crippen LogP contribution in [0.15, 0.2) is 52.6 Å². The summed E-state index contributed by atoms with van der Waals surface area (Å²) in [6.07, 6.45) is 3.54. The Kier molecular flexibility index (Phi) is 10.3. The molecule has 0 saturated carbocycles. The number of sulfonamides is 1. The predicted octanol–water partition coefficient (Wildman–Crippen LogP) is 1.83. The summed E-state index contributed by atoms with van der Waals surface area (Å²) < 4.78 is 39.8. The maximum atomic E-state index is 13.1. The molecule has 0 aliphatic carbocycles. The Morgan fingerprint density at radius 1 is 1.18 bits per heavy atom. The molecule has 2 aromatic rings. The van der Waals surface area contributed by atoms with Crippen LogP contribution in [0.3, 0.4) is 0 Å². The Labute approximate surface area is 182 Å². The van der Waals surface area contributed by atoms with Gasteiger partial charge in [0.1, 0.15) is 10.7 Å². The summed E-state index contributed by atoms with van der Waals surface area (Å²) in [6, 6.07) is 7.79.